The molecule has 1 rings (SSSR count). The van der Waals surface area contributed by atoms with E-state index in [4.69, 9.17) is 5.73 Å². The molecule has 0 amide bonds. The number of anilines is 2. The molecule has 0 atom stereocenters. The lowest BCUT2D eigenvalue weighted by atomic mass is 10.3. The van der Waals surface area contributed by atoms with Crippen LogP contribution in [0.15, 0.2) is 4.90 Å². The van der Waals surface area contributed by atoms with Gasteiger partial charge in [0, 0.05) is 13.0 Å². The van der Waals surface area contributed by atoms with E-state index >= 15 is 0 Å². The van der Waals surface area contributed by atoms with Gasteiger partial charge in [-0.15, -0.1) is 11.3 Å². The van der Waals surface area contributed by atoms with Crippen LogP contribution >= 0.6 is 11.3 Å². The summed E-state index contributed by atoms with van der Waals surface area (Å²) in [6.45, 7) is 6.72. The molecule has 0 aromatic carbocycles. The van der Waals surface area contributed by atoms with Gasteiger partial charge in [0.25, 0.3) is 0 Å². The van der Waals surface area contributed by atoms with Crippen molar-refractivity contribution < 1.29 is 13.2 Å². The quantitative estimate of drug-likeness (QED) is 0.811. The van der Waals surface area contributed by atoms with Crippen LogP contribution in [0, 0.1) is 0 Å². The topological polar surface area (TPSA) is 89.3 Å². The monoisotopic (exact) mass is 290 g/mol. The lowest BCUT2D eigenvalue weighted by Crippen LogP contribution is -2.13. The number of thiophene rings is 1. The van der Waals surface area contributed by atoms with Crippen molar-refractivity contribution in [2.45, 2.75) is 38.6 Å². The Morgan fingerprint density at radius 3 is 2.39 bits per heavy atom. The van der Waals surface area contributed by atoms with Crippen molar-refractivity contribution >= 4 is 37.6 Å². The maximum atomic E-state index is 12.0. The molecule has 5 nitrogen and oxygen atoms in total. The second-order valence-corrected chi connectivity index (χ2v) is 7.50. The standard InChI is InChI=1S/C11H18N2O3S2/c1-5-18(15,16)10-8(12)9(7(4)14)17-11(10)13-6(2)3/h6,13H,5,12H2,1-4H3. The molecule has 7 heteroatoms. The Hall–Kier alpha value is -1.08. The van der Waals surface area contributed by atoms with Crippen LogP contribution in [0.3, 0.4) is 0 Å². The van der Waals surface area contributed by atoms with Gasteiger partial charge < -0.3 is 11.1 Å². The number of nitrogens with two attached hydrogens (primary N) is 1. The highest BCUT2D eigenvalue weighted by atomic mass is 32.2. The third-order valence-electron chi connectivity index (χ3n) is 2.33. The highest BCUT2D eigenvalue weighted by Crippen LogP contribution is 2.40. The fourth-order valence-corrected chi connectivity index (χ4v) is 4.20. The maximum Gasteiger partial charge on any atom is 0.183 e. The minimum absolute atomic E-state index is 0.0436. The van der Waals surface area contributed by atoms with Gasteiger partial charge in [0.05, 0.1) is 16.3 Å². The average Bonchev–Trinajstić information content (AvgIpc) is 2.55. The molecule has 0 unspecified atom stereocenters. The lowest BCUT2D eigenvalue weighted by Gasteiger charge is -2.10. The molecular formula is C11H18N2O3S2. The second kappa shape index (κ2) is 5.27. The molecule has 0 fully saturated rings. The normalized spacial score (nSPS) is 11.8. The first kappa shape index (κ1) is 15.0. The molecule has 0 aliphatic heterocycles. The summed E-state index contributed by atoms with van der Waals surface area (Å²) < 4.78 is 24.1. The molecule has 0 bridgehead atoms. The van der Waals surface area contributed by atoms with Crippen molar-refractivity contribution in [1.29, 1.82) is 0 Å². The zero-order chi connectivity index (χ0) is 14.1. The van der Waals surface area contributed by atoms with E-state index in [1.807, 2.05) is 13.8 Å². The Kier molecular flexibility index (Phi) is 4.39. The van der Waals surface area contributed by atoms with Crippen LogP contribution in [-0.4, -0.2) is 26.0 Å². The van der Waals surface area contributed by atoms with Crippen LogP contribution in [0.2, 0.25) is 0 Å². The number of Topliss-reactive ketones (excluding diaryl/α,β-unsaturated/α-hetero) is 1. The van der Waals surface area contributed by atoms with Gasteiger partial charge in [-0.2, -0.15) is 0 Å². The van der Waals surface area contributed by atoms with E-state index in [2.05, 4.69) is 5.32 Å². The van der Waals surface area contributed by atoms with Gasteiger partial charge in [0.2, 0.25) is 0 Å². The highest BCUT2D eigenvalue weighted by Gasteiger charge is 2.27. The lowest BCUT2D eigenvalue weighted by molar-refractivity contribution is 0.102. The van der Waals surface area contributed by atoms with E-state index in [9.17, 15) is 13.2 Å². The van der Waals surface area contributed by atoms with E-state index in [1.165, 1.54) is 6.92 Å². The molecular weight excluding hydrogens is 272 g/mol. The predicted molar refractivity (Wildman–Crippen MR) is 75.2 cm³/mol. The first-order chi connectivity index (χ1) is 8.20. The van der Waals surface area contributed by atoms with E-state index in [-0.39, 0.29) is 28.2 Å². The largest absolute Gasteiger partial charge is 0.396 e. The van der Waals surface area contributed by atoms with Crippen molar-refractivity contribution in [1.82, 2.24) is 0 Å². The van der Waals surface area contributed by atoms with E-state index in [0.29, 0.717) is 9.88 Å². The van der Waals surface area contributed by atoms with Gasteiger partial charge in [-0.05, 0) is 13.8 Å². The van der Waals surface area contributed by atoms with Gasteiger partial charge >= 0.3 is 0 Å². The summed E-state index contributed by atoms with van der Waals surface area (Å²) in [4.78, 5) is 11.8. The maximum absolute atomic E-state index is 12.0. The van der Waals surface area contributed by atoms with Gasteiger partial charge in [-0.1, -0.05) is 6.92 Å². The van der Waals surface area contributed by atoms with Gasteiger partial charge in [-0.3, -0.25) is 4.79 Å². The SMILES string of the molecule is CCS(=O)(=O)c1c(NC(C)C)sc(C(C)=O)c1N. The van der Waals surface area contributed by atoms with Crippen molar-refractivity contribution in [2.75, 3.05) is 16.8 Å². The summed E-state index contributed by atoms with van der Waals surface area (Å²) in [6.07, 6.45) is 0. The molecule has 0 radical (unpaired) electrons. The molecule has 0 aliphatic rings. The molecule has 18 heavy (non-hydrogen) atoms. The molecule has 0 aliphatic carbocycles. The number of rotatable bonds is 5. The smallest absolute Gasteiger partial charge is 0.183 e. The molecule has 0 spiro atoms. The fraction of sp³-hybridized carbons (Fsp3) is 0.545. The number of ketones is 1. The summed E-state index contributed by atoms with van der Waals surface area (Å²) in [6, 6.07) is 0.0636. The highest BCUT2D eigenvalue weighted by molar-refractivity contribution is 7.91. The number of carbonyl (C=O) groups excluding carboxylic acids is 1. The van der Waals surface area contributed by atoms with Gasteiger partial charge in [0.1, 0.15) is 9.90 Å². The predicted octanol–water partition coefficient (Wildman–Crippen LogP) is 2.15. The average molecular weight is 290 g/mol. The first-order valence-electron chi connectivity index (χ1n) is 5.63. The van der Waals surface area contributed by atoms with E-state index < -0.39 is 9.84 Å². The van der Waals surface area contributed by atoms with Crippen LogP contribution in [0.5, 0.6) is 0 Å². The van der Waals surface area contributed by atoms with Crippen molar-refractivity contribution in [3.63, 3.8) is 0 Å². The number of hydrogen-bond acceptors (Lipinski definition) is 6. The van der Waals surface area contributed by atoms with Crippen molar-refractivity contribution in [3.8, 4) is 0 Å². The molecule has 102 valence electrons. The Morgan fingerprint density at radius 1 is 1.44 bits per heavy atom. The zero-order valence-electron chi connectivity index (χ0n) is 10.9. The molecule has 1 heterocycles. The molecule has 1 aromatic rings. The number of nitrogens with one attached hydrogen (secondary N) is 1. The Bertz CT molecular complexity index is 559. The fourth-order valence-electron chi connectivity index (χ4n) is 1.50. The van der Waals surface area contributed by atoms with Crippen molar-refractivity contribution in [3.05, 3.63) is 4.88 Å². The van der Waals surface area contributed by atoms with E-state index in [0.717, 1.165) is 11.3 Å². The molecule has 0 saturated heterocycles. The van der Waals surface area contributed by atoms with Crippen LogP contribution < -0.4 is 11.1 Å². The zero-order valence-corrected chi connectivity index (χ0v) is 12.5. The van der Waals surface area contributed by atoms with Crippen LogP contribution in [-0.2, 0) is 9.84 Å². The van der Waals surface area contributed by atoms with Crippen molar-refractivity contribution in [2.24, 2.45) is 0 Å². The Labute approximate surface area is 111 Å². The summed E-state index contributed by atoms with van der Waals surface area (Å²) in [5, 5.41) is 3.49. The summed E-state index contributed by atoms with van der Waals surface area (Å²) in [7, 11) is -3.45. The minimum Gasteiger partial charge on any atom is -0.396 e. The number of hydrogen-bond donors (Lipinski definition) is 2. The Balaban J connectivity index is 3.51. The van der Waals surface area contributed by atoms with Crippen LogP contribution in [0.4, 0.5) is 10.7 Å². The van der Waals surface area contributed by atoms with Gasteiger partial charge in [-0.25, -0.2) is 8.42 Å². The number of nitrogen functional groups attached to an aromatic ring is 1. The first-order valence-corrected chi connectivity index (χ1v) is 8.10. The number of carbonyl (C=O) groups is 1. The molecule has 3 N–H and O–H groups in total. The molecule has 0 saturated carbocycles. The Morgan fingerprint density at radius 2 is 2.00 bits per heavy atom. The summed E-state index contributed by atoms with van der Waals surface area (Å²) >= 11 is 1.10. The molecule has 1 aromatic heterocycles. The number of sulfone groups is 1. The third kappa shape index (κ3) is 2.84. The van der Waals surface area contributed by atoms with Crippen LogP contribution in [0.25, 0.3) is 0 Å². The van der Waals surface area contributed by atoms with E-state index in [1.54, 1.807) is 6.92 Å². The minimum atomic E-state index is -3.45. The second-order valence-electron chi connectivity index (χ2n) is 4.26. The van der Waals surface area contributed by atoms with Crippen LogP contribution in [0.1, 0.15) is 37.4 Å². The third-order valence-corrected chi connectivity index (χ3v) is 5.50. The van der Waals surface area contributed by atoms with Gasteiger partial charge in [0.15, 0.2) is 15.6 Å². The summed E-state index contributed by atoms with van der Waals surface area (Å²) in [5.74, 6) is -0.264. The summed E-state index contributed by atoms with van der Waals surface area (Å²) in [5.41, 5.74) is 5.88.